The molecule has 2 rings (SSSR count). The van der Waals surface area contributed by atoms with Crippen LogP contribution in [0.15, 0.2) is 53.5 Å². The minimum Gasteiger partial charge on any atom is -0.508 e. The van der Waals surface area contributed by atoms with E-state index in [1.807, 2.05) is 30.3 Å². The van der Waals surface area contributed by atoms with Crippen LogP contribution in [0.2, 0.25) is 0 Å². The summed E-state index contributed by atoms with van der Waals surface area (Å²) in [5.41, 5.74) is 7.48. The highest BCUT2D eigenvalue weighted by Crippen LogP contribution is 2.22. The van der Waals surface area contributed by atoms with Gasteiger partial charge in [0.25, 0.3) is 0 Å². The predicted octanol–water partition coefficient (Wildman–Crippen LogP) is 2.33. The minimum absolute atomic E-state index is 0.217. The van der Waals surface area contributed by atoms with E-state index in [2.05, 4.69) is 10.3 Å². The van der Waals surface area contributed by atoms with Crippen molar-refractivity contribution >= 4 is 11.6 Å². The molecule has 0 fully saturated rings. The highest BCUT2D eigenvalue weighted by atomic mass is 16.5. The van der Waals surface area contributed by atoms with E-state index in [-0.39, 0.29) is 11.7 Å². The normalized spacial score (nSPS) is 11.2. The lowest BCUT2D eigenvalue weighted by Crippen LogP contribution is -2.22. The first-order valence-corrected chi connectivity index (χ1v) is 6.17. The van der Waals surface area contributed by atoms with Gasteiger partial charge < -0.3 is 20.9 Å². The number of methoxy groups -OCH3 is 1. The van der Waals surface area contributed by atoms with Gasteiger partial charge >= 0.3 is 0 Å². The van der Waals surface area contributed by atoms with Crippen molar-refractivity contribution in [1.29, 1.82) is 0 Å². The van der Waals surface area contributed by atoms with Crippen LogP contribution >= 0.6 is 0 Å². The Labute approximate surface area is 117 Å². The Balaban J connectivity index is 2.04. The molecule has 0 aliphatic heterocycles. The quantitative estimate of drug-likeness (QED) is 0.589. The van der Waals surface area contributed by atoms with E-state index in [1.54, 1.807) is 25.3 Å². The van der Waals surface area contributed by atoms with Crippen molar-refractivity contribution in [2.75, 3.05) is 12.4 Å². The van der Waals surface area contributed by atoms with E-state index >= 15 is 0 Å². The zero-order chi connectivity index (χ0) is 14.4. The lowest BCUT2D eigenvalue weighted by Gasteiger charge is -2.10. The smallest absolute Gasteiger partial charge is 0.193 e. The number of nitrogens with two attached hydrogens (primary N) is 1. The number of rotatable bonds is 4. The number of ether oxygens (including phenoxy) is 1. The number of para-hydroxylation sites is 2. The van der Waals surface area contributed by atoms with Gasteiger partial charge in [0, 0.05) is 0 Å². The third kappa shape index (κ3) is 3.65. The summed E-state index contributed by atoms with van der Waals surface area (Å²) in [7, 11) is 1.60. The number of phenolic OH excluding ortho intramolecular Hbond substituents is 1. The van der Waals surface area contributed by atoms with Crippen LogP contribution in [0.1, 0.15) is 5.56 Å². The fraction of sp³-hybridized carbons (Fsp3) is 0.133. The highest BCUT2D eigenvalue weighted by Gasteiger charge is 2.02. The van der Waals surface area contributed by atoms with Gasteiger partial charge in [0.2, 0.25) is 0 Å². The largest absolute Gasteiger partial charge is 0.508 e. The van der Waals surface area contributed by atoms with Crippen LogP contribution in [0.5, 0.6) is 11.5 Å². The van der Waals surface area contributed by atoms with Crippen LogP contribution in [0, 0.1) is 0 Å². The number of phenols is 1. The Morgan fingerprint density at radius 3 is 2.80 bits per heavy atom. The van der Waals surface area contributed by atoms with Crippen molar-refractivity contribution in [2.45, 2.75) is 6.54 Å². The third-order valence-electron chi connectivity index (χ3n) is 2.71. The number of hydrogen-bond acceptors (Lipinski definition) is 3. The maximum atomic E-state index is 9.37. The molecule has 0 unspecified atom stereocenters. The van der Waals surface area contributed by atoms with Gasteiger partial charge in [0.05, 0.1) is 19.3 Å². The number of nitrogens with one attached hydrogen (secondary N) is 1. The summed E-state index contributed by atoms with van der Waals surface area (Å²) < 4.78 is 5.22. The molecule has 0 aromatic heterocycles. The topological polar surface area (TPSA) is 79.9 Å². The maximum Gasteiger partial charge on any atom is 0.193 e. The maximum absolute atomic E-state index is 9.37. The molecule has 4 N–H and O–H groups in total. The molecular weight excluding hydrogens is 254 g/mol. The standard InChI is InChI=1S/C15H17N3O2/c1-20-14-8-3-2-7-13(14)18-15(16)17-10-11-5-4-6-12(19)9-11/h2-9,19H,10H2,1H3,(H3,16,17,18). The second-order valence-corrected chi connectivity index (χ2v) is 4.20. The van der Waals surface area contributed by atoms with Gasteiger partial charge in [-0.05, 0) is 29.8 Å². The number of aromatic hydroxyl groups is 1. The van der Waals surface area contributed by atoms with Gasteiger partial charge in [0.15, 0.2) is 5.96 Å². The number of nitrogens with zero attached hydrogens (tertiary/aromatic N) is 1. The fourth-order valence-electron chi connectivity index (χ4n) is 1.76. The molecule has 0 spiro atoms. The number of aliphatic imine (C=N–C) groups is 1. The first kappa shape index (κ1) is 13.7. The summed E-state index contributed by atoms with van der Waals surface area (Å²) in [6, 6.07) is 14.4. The van der Waals surface area contributed by atoms with E-state index in [9.17, 15) is 5.11 Å². The average Bonchev–Trinajstić information content (AvgIpc) is 2.46. The van der Waals surface area contributed by atoms with Crippen LogP contribution in [-0.4, -0.2) is 18.2 Å². The van der Waals surface area contributed by atoms with Gasteiger partial charge in [-0.25, -0.2) is 4.99 Å². The SMILES string of the molecule is COc1ccccc1NC(N)=NCc1cccc(O)c1. The van der Waals surface area contributed by atoms with Crippen LogP contribution < -0.4 is 15.8 Å². The van der Waals surface area contributed by atoms with E-state index in [1.165, 1.54) is 0 Å². The Morgan fingerprint density at radius 2 is 2.05 bits per heavy atom. The summed E-state index contributed by atoms with van der Waals surface area (Å²) in [4.78, 5) is 4.22. The molecular formula is C15H17N3O2. The van der Waals surface area contributed by atoms with Crippen molar-refractivity contribution in [3.8, 4) is 11.5 Å². The first-order chi connectivity index (χ1) is 9.69. The molecule has 5 nitrogen and oxygen atoms in total. The van der Waals surface area contributed by atoms with Gasteiger partial charge in [-0.1, -0.05) is 24.3 Å². The number of anilines is 1. The van der Waals surface area contributed by atoms with Crippen LogP contribution in [0.4, 0.5) is 5.69 Å². The van der Waals surface area contributed by atoms with Crippen molar-refractivity contribution < 1.29 is 9.84 Å². The molecule has 104 valence electrons. The summed E-state index contributed by atoms with van der Waals surface area (Å²) >= 11 is 0. The molecule has 0 aliphatic rings. The molecule has 20 heavy (non-hydrogen) atoms. The van der Waals surface area contributed by atoms with E-state index < -0.39 is 0 Å². The predicted molar refractivity (Wildman–Crippen MR) is 80.0 cm³/mol. The van der Waals surface area contributed by atoms with Crippen molar-refractivity contribution in [3.05, 3.63) is 54.1 Å². The Bertz CT molecular complexity index is 612. The van der Waals surface area contributed by atoms with Gasteiger partial charge in [-0.3, -0.25) is 0 Å². The van der Waals surface area contributed by atoms with Crippen LogP contribution in [0.3, 0.4) is 0 Å². The molecule has 0 aliphatic carbocycles. The van der Waals surface area contributed by atoms with Crippen molar-refractivity contribution in [3.63, 3.8) is 0 Å². The molecule has 0 saturated heterocycles. The minimum atomic E-state index is 0.217. The van der Waals surface area contributed by atoms with Crippen LogP contribution in [0.25, 0.3) is 0 Å². The lowest BCUT2D eigenvalue weighted by molar-refractivity contribution is 0.417. The number of hydrogen-bond donors (Lipinski definition) is 3. The first-order valence-electron chi connectivity index (χ1n) is 6.17. The highest BCUT2D eigenvalue weighted by molar-refractivity contribution is 5.93. The van der Waals surface area contributed by atoms with Gasteiger partial charge in [-0.2, -0.15) is 0 Å². The average molecular weight is 271 g/mol. The molecule has 2 aromatic carbocycles. The van der Waals surface area contributed by atoms with E-state index in [4.69, 9.17) is 10.5 Å². The number of guanidine groups is 1. The molecule has 5 heteroatoms. The lowest BCUT2D eigenvalue weighted by atomic mass is 10.2. The summed E-state index contributed by atoms with van der Waals surface area (Å²) in [5, 5.41) is 12.4. The summed E-state index contributed by atoms with van der Waals surface area (Å²) in [5.74, 6) is 1.20. The number of benzene rings is 2. The Kier molecular flexibility index (Phi) is 4.44. The zero-order valence-electron chi connectivity index (χ0n) is 11.2. The van der Waals surface area contributed by atoms with Gasteiger partial charge in [0.1, 0.15) is 11.5 Å². The Hall–Kier alpha value is -2.69. The fourth-order valence-corrected chi connectivity index (χ4v) is 1.76. The van der Waals surface area contributed by atoms with Crippen LogP contribution in [-0.2, 0) is 6.54 Å². The monoisotopic (exact) mass is 271 g/mol. The zero-order valence-corrected chi connectivity index (χ0v) is 11.2. The van der Waals surface area contributed by atoms with E-state index in [0.29, 0.717) is 12.3 Å². The van der Waals surface area contributed by atoms with E-state index in [0.717, 1.165) is 11.3 Å². The molecule has 0 heterocycles. The summed E-state index contributed by atoms with van der Waals surface area (Å²) in [6.07, 6.45) is 0. The Morgan fingerprint density at radius 1 is 1.25 bits per heavy atom. The summed E-state index contributed by atoms with van der Waals surface area (Å²) in [6.45, 7) is 0.391. The third-order valence-corrected chi connectivity index (χ3v) is 2.71. The molecule has 2 aromatic rings. The second-order valence-electron chi connectivity index (χ2n) is 4.20. The van der Waals surface area contributed by atoms with Crippen molar-refractivity contribution in [2.24, 2.45) is 10.7 Å². The van der Waals surface area contributed by atoms with Gasteiger partial charge in [-0.15, -0.1) is 0 Å². The molecule has 0 bridgehead atoms. The molecule has 0 atom stereocenters. The molecule has 0 saturated carbocycles. The molecule has 0 amide bonds. The second kappa shape index (κ2) is 6.47. The van der Waals surface area contributed by atoms with Crippen molar-refractivity contribution in [1.82, 2.24) is 0 Å². The molecule has 0 radical (unpaired) electrons.